The van der Waals surface area contributed by atoms with Gasteiger partial charge in [-0.3, -0.25) is 0 Å². The van der Waals surface area contributed by atoms with E-state index in [0.717, 1.165) is 48.6 Å². The summed E-state index contributed by atoms with van der Waals surface area (Å²) in [6, 6.07) is 6.34. The lowest BCUT2D eigenvalue weighted by Gasteiger charge is -2.22. The second-order valence-corrected chi connectivity index (χ2v) is 6.27. The molecule has 1 N–H and O–H groups in total. The molecule has 0 radical (unpaired) electrons. The minimum absolute atomic E-state index is 0.791. The summed E-state index contributed by atoms with van der Waals surface area (Å²) in [5.74, 6) is 1.85. The van der Waals surface area contributed by atoms with E-state index in [9.17, 15) is 0 Å². The van der Waals surface area contributed by atoms with E-state index in [0.29, 0.717) is 0 Å². The van der Waals surface area contributed by atoms with Crippen LogP contribution >= 0.6 is 15.9 Å². The number of halogens is 1. The van der Waals surface area contributed by atoms with Gasteiger partial charge in [0.2, 0.25) is 0 Å². The molecular weight excluding hydrogens is 302 g/mol. The summed E-state index contributed by atoms with van der Waals surface area (Å²) in [5, 5.41) is 3.46. The first kappa shape index (κ1) is 14.9. The molecule has 0 amide bonds. The topological polar surface area (TPSA) is 21.3 Å². The van der Waals surface area contributed by atoms with Crippen LogP contribution < -0.4 is 10.1 Å². The first-order chi connectivity index (χ1) is 9.29. The minimum atomic E-state index is 0.791. The molecule has 0 aromatic heterocycles. The Balaban J connectivity index is 1.84. The third-order valence-electron chi connectivity index (χ3n) is 3.72. The maximum Gasteiger partial charge on any atom is 0.122 e. The molecule has 1 aromatic carbocycles. The predicted molar refractivity (Wildman–Crippen MR) is 83.8 cm³/mol. The highest BCUT2D eigenvalue weighted by Crippen LogP contribution is 2.25. The monoisotopic (exact) mass is 325 g/mol. The fourth-order valence-corrected chi connectivity index (χ4v) is 3.07. The van der Waals surface area contributed by atoms with Crippen LogP contribution in [-0.4, -0.2) is 19.7 Å². The van der Waals surface area contributed by atoms with Crippen LogP contribution in [0.3, 0.4) is 0 Å². The van der Waals surface area contributed by atoms with Gasteiger partial charge < -0.3 is 10.1 Å². The quantitative estimate of drug-likeness (QED) is 0.847. The molecule has 106 valence electrons. The summed E-state index contributed by atoms with van der Waals surface area (Å²) in [5.41, 5.74) is 1.32. The van der Waals surface area contributed by atoms with E-state index in [1.54, 1.807) is 0 Å². The Morgan fingerprint density at radius 2 is 2.32 bits per heavy atom. The van der Waals surface area contributed by atoms with Crippen molar-refractivity contribution in [2.24, 2.45) is 5.92 Å². The zero-order valence-electron chi connectivity index (χ0n) is 11.8. The molecule has 1 aliphatic rings. The van der Waals surface area contributed by atoms with Crippen molar-refractivity contribution in [2.75, 3.05) is 19.7 Å². The standard InChI is InChI=1S/C16H24BrNO/c1-2-4-14-11-15(17)6-7-16(14)19-10-8-13-5-3-9-18-12-13/h6-7,11,13,18H,2-5,8-10,12H2,1H3/t13-/m1/s1. The van der Waals surface area contributed by atoms with Crippen molar-refractivity contribution in [3.05, 3.63) is 28.2 Å². The summed E-state index contributed by atoms with van der Waals surface area (Å²) in [6.45, 7) is 5.39. The van der Waals surface area contributed by atoms with Crippen LogP contribution in [0.15, 0.2) is 22.7 Å². The van der Waals surface area contributed by atoms with Gasteiger partial charge in [0.1, 0.15) is 5.75 Å². The average molecular weight is 326 g/mol. The molecule has 19 heavy (non-hydrogen) atoms. The van der Waals surface area contributed by atoms with Gasteiger partial charge in [0.25, 0.3) is 0 Å². The normalized spacial score (nSPS) is 19.4. The fourth-order valence-electron chi connectivity index (χ4n) is 2.66. The molecule has 0 spiro atoms. The SMILES string of the molecule is CCCc1cc(Br)ccc1OCC[C@H]1CCCNC1. The third kappa shape index (κ3) is 4.81. The molecular formula is C16H24BrNO. The summed E-state index contributed by atoms with van der Waals surface area (Å²) < 4.78 is 7.14. The molecule has 1 aliphatic heterocycles. The number of piperidine rings is 1. The number of nitrogens with one attached hydrogen (secondary N) is 1. The van der Waals surface area contributed by atoms with E-state index >= 15 is 0 Å². The lowest BCUT2D eigenvalue weighted by molar-refractivity contribution is 0.252. The van der Waals surface area contributed by atoms with Crippen LogP contribution in [0, 0.1) is 5.92 Å². The van der Waals surface area contributed by atoms with E-state index in [1.165, 1.54) is 24.9 Å². The van der Waals surface area contributed by atoms with Crippen molar-refractivity contribution < 1.29 is 4.74 Å². The average Bonchev–Trinajstić information content (AvgIpc) is 2.43. The van der Waals surface area contributed by atoms with Crippen LogP contribution in [0.25, 0.3) is 0 Å². The number of benzene rings is 1. The third-order valence-corrected chi connectivity index (χ3v) is 4.22. The van der Waals surface area contributed by atoms with Crippen molar-refractivity contribution in [2.45, 2.75) is 39.0 Å². The molecule has 1 heterocycles. The molecule has 1 fully saturated rings. The lowest BCUT2D eigenvalue weighted by Crippen LogP contribution is -2.30. The summed E-state index contributed by atoms with van der Waals surface area (Å²) >= 11 is 3.53. The molecule has 0 saturated carbocycles. The molecule has 0 bridgehead atoms. The Hall–Kier alpha value is -0.540. The van der Waals surface area contributed by atoms with Gasteiger partial charge in [-0.15, -0.1) is 0 Å². The number of rotatable bonds is 6. The summed E-state index contributed by atoms with van der Waals surface area (Å²) in [4.78, 5) is 0. The summed E-state index contributed by atoms with van der Waals surface area (Å²) in [7, 11) is 0. The second-order valence-electron chi connectivity index (χ2n) is 5.35. The van der Waals surface area contributed by atoms with Crippen LogP contribution in [0.1, 0.15) is 38.2 Å². The van der Waals surface area contributed by atoms with E-state index < -0.39 is 0 Å². The van der Waals surface area contributed by atoms with Gasteiger partial charge in [-0.1, -0.05) is 29.3 Å². The Bertz CT molecular complexity index is 388. The Kier molecular flexibility index (Phi) is 6.18. The molecule has 2 rings (SSSR count). The molecule has 0 unspecified atom stereocenters. The summed E-state index contributed by atoms with van der Waals surface area (Å²) in [6.07, 6.45) is 6.05. The van der Waals surface area contributed by atoms with Crippen LogP contribution in [0.2, 0.25) is 0 Å². The van der Waals surface area contributed by atoms with Crippen molar-refractivity contribution in [3.8, 4) is 5.75 Å². The lowest BCUT2D eigenvalue weighted by atomic mass is 9.97. The van der Waals surface area contributed by atoms with E-state index in [4.69, 9.17) is 4.74 Å². The predicted octanol–water partition coefficient (Wildman–Crippen LogP) is 4.17. The molecule has 1 atom stereocenters. The van der Waals surface area contributed by atoms with E-state index in [-0.39, 0.29) is 0 Å². The molecule has 0 aliphatic carbocycles. The second kappa shape index (κ2) is 7.91. The molecule has 1 aromatic rings. The van der Waals surface area contributed by atoms with Crippen LogP contribution in [-0.2, 0) is 6.42 Å². The van der Waals surface area contributed by atoms with Gasteiger partial charge >= 0.3 is 0 Å². The number of ether oxygens (including phenoxy) is 1. The molecule has 1 saturated heterocycles. The van der Waals surface area contributed by atoms with Gasteiger partial charge in [0, 0.05) is 4.47 Å². The Morgan fingerprint density at radius 1 is 1.42 bits per heavy atom. The Morgan fingerprint density at radius 3 is 3.05 bits per heavy atom. The van der Waals surface area contributed by atoms with E-state index in [1.807, 2.05) is 0 Å². The van der Waals surface area contributed by atoms with Crippen molar-refractivity contribution >= 4 is 15.9 Å². The van der Waals surface area contributed by atoms with Gasteiger partial charge in [-0.25, -0.2) is 0 Å². The van der Waals surface area contributed by atoms with Crippen LogP contribution in [0.5, 0.6) is 5.75 Å². The number of hydrogen-bond donors (Lipinski definition) is 1. The highest BCUT2D eigenvalue weighted by Gasteiger charge is 2.13. The zero-order valence-corrected chi connectivity index (χ0v) is 13.3. The molecule has 3 heteroatoms. The van der Waals surface area contributed by atoms with Crippen molar-refractivity contribution in [1.29, 1.82) is 0 Å². The minimum Gasteiger partial charge on any atom is -0.493 e. The fraction of sp³-hybridized carbons (Fsp3) is 0.625. The maximum absolute atomic E-state index is 6.00. The smallest absolute Gasteiger partial charge is 0.122 e. The highest BCUT2D eigenvalue weighted by molar-refractivity contribution is 9.10. The highest BCUT2D eigenvalue weighted by atomic mass is 79.9. The van der Waals surface area contributed by atoms with Crippen LogP contribution in [0.4, 0.5) is 0 Å². The van der Waals surface area contributed by atoms with Gasteiger partial charge in [-0.05, 0) is 68.5 Å². The number of hydrogen-bond acceptors (Lipinski definition) is 2. The van der Waals surface area contributed by atoms with Gasteiger partial charge in [0.15, 0.2) is 0 Å². The first-order valence-electron chi connectivity index (χ1n) is 7.41. The maximum atomic E-state index is 6.00. The van der Waals surface area contributed by atoms with E-state index in [2.05, 4.69) is 46.4 Å². The zero-order chi connectivity index (χ0) is 13.5. The van der Waals surface area contributed by atoms with Gasteiger partial charge in [0.05, 0.1) is 6.61 Å². The Labute approximate surface area is 125 Å². The van der Waals surface area contributed by atoms with Crippen molar-refractivity contribution in [3.63, 3.8) is 0 Å². The molecule has 2 nitrogen and oxygen atoms in total. The first-order valence-corrected chi connectivity index (χ1v) is 8.21. The largest absolute Gasteiger partial charge is 0.493 e. The number of aryl methyl sites for hydroxylation is 1. The van der Waals surface area contributed by atoms with Gasteiger partial charge in [-0.2, -0.15) is 0 Å². The van der Waals surface area contributed by atoms with Crippen molar-refractivity contribution in [1.82, 2.24) is 5.32 Å².